The summed E-state index contributed by atoms with van der Waals surface area (Å²) >= 11 is 0. The second kappa shape index (κ2) is 16.7. The van der Waals surface area contributed by atoms with Gasteiger partial charge in [-0.2, -0.15) is 0 Å². The highest BCUT2D eigenvalue weighted by atomic mass is 16.3. The van der Waals surface area contributed by atoms with Crippen molar-refractivity contribution in [1.29, 1.82) is 0 Å². The van der Waals surface area contributed by atoms with Gasteiger partial charge in [0.05, 0.1) is 18.8 Å². The van der Waals surface area contributed by atoms with Gasteiger partial charge < -0.3 is 15.3 Å². The zero-order chi connectivity index (χ0) is 16.5. The summed E-state index contributed by atoms with van der Waals surface area (Å²) in [5, 5.41) is 27.6. The zero-order valence-corrected chi connectivity index (χ0v) is 14.1. The smallest absolute Gasteiger partial charge is 0.0795 e. The van der Waals surface area contributed by atoms with E-state index >= 15 is 0 Å². The van der Waals surface area contributed by atoms with Crippen molar-refractivity contribution < 1.29 is 15.3 Å². The number of rotatable bonds is 16. The third-order valence-corrected chi connectivity index (χ3v) is 3.94. The van der Waals surface area contributed by atoms with Crippen LogP contribution >= 0.6 is 0 Å². The first kappa shape index (κ1) is 21.4. The van der Waals surface area contributed by atoms with Crippen LogP contribution in [0.2, 0.25) is 0 Å². The highest BCUT2D eigenvalue weighted by Crippen LogP contribution is 2.13. The zero-order valence-electron chi connectivity index (χ0n) is 14.1. The first-order valence-corrected chi connectivity index (χ1v) is 8.95. The molecule has 3 heteroatoms. The van der Waals surface area contributed by atoms with Crippen LogP contribution in [0.5, 0.6) is 0 Å². The Morgan fingerprint density at radius 2 is 1.32 bits per heavy atom. The van der Waals surface area contributed by atoms with Gasteiger partial charge in [0.25, 0.3) is 0 Å². The minimum Gasteiger partial charge on any atom is -0.394 e. The molecular weight excluding hydrogens is 276 g/mol. The van der Waals surface area contributed by atoms with Crippen LogP contribution in [0, 0.1) is 0 Å². The van der Waals surface area contributed by atoms with E-state index in [0.29, 0.717) is 6.42 Å². The molecule has 0 aromatic carbocycles. The lowest BCUT2D eigenvalue weighted by atomic mass is 10.0. The Morgan fingerprint density at radius 3 is 1.86 bits per heavy atom. The van der Waals surface area contributed by atoms with Crippen LogP contribution in [0.15, 0.2) is 24.8 Å². The summed E-state index contributed by atoms with van der Waals surface area (Å²) in [5.41, 5.74) is 0. The van der Waals surface area contributed by atoms with Crippen LogP contribution in [0.3, 0.4) is 0 Å². The SMILES string of the molecule is C=CC=CCCCCCCCCCCC[C@@H](O)C[C@@H](O)CO. The molecule has 0 rings (SSSR count). The third kappa shape index (κ3) is 15.7. The molecule has 0 saturated heterocycles. The average molecular weight is 312 g/mol. The van der Waals surface area contributed by atoms with Crippen molar-refractivity contribution in [3.05, 3.63) is 24.8 Å². The van der Waals surface area contributed by atoms with E-state index in [1.807, 2.05) is 12.2 Å². The van der Waals surface area contributed by atoms with Gasteiger partial charge in [-0.1, -0.05) is 76.2 Å². The van der Waals surface area contributed by atoms with Crippen LogP contribution in [0.25, 0.3) is 0 Å². The molecule has 0 aliphatic heterocycles. The Kier molecular flexibility index (Phi) is 16.2. The third-order valence-electron chi connectivity index (χ3n) is 3.94. The average Bonchev–Trinajstić information content (AvgIpc) is 2.51. The Bertz CT molecular complexity index is 263. The van der Waals surface area contributed by atoms with Crippen LogP contribution < -0.4 is 0 Å². The summed E-state index contributed by atoms with van der Waals surface area (Å²) in [6.07, 6.45) is 18.2. The van der Waals surface area contributed by atoms with E-state index in [0.717, 1.165) is 19.3 Å². The molecule has 0 bridgehead atoms. The lowest BCUT2D eigenvalue weighted by molar-refractivity contribution is 0.0380. The fourth-order valence-corrected chi connectivity index (χ4v) is 2.58. The molecule has 0 heterocycles. The molecule has 2 atom stereocenters. The lowest BCUT2D eigenvalue weighted by Crippen LogP contribution is -2.20. The van der Waals surface area contributed by atoms with Gasteiger partial charge in [0.15, 0.2) is 0 Å². The molecule has 3 nitrogen and oxygen atoms in total. The quantitative estimate of drug-likeness (QED) is 0.297. The first-order chi connectivity index (χ1) is 10.7. The summed E-state index contributed by atoms with van der Waals surface area (Å²) in [6.45, 7) is 3.39. The molecule has 130 valence electrons. The minimum atomic E-state index is -0.776. The standard InChI is InChI=1S/C19H36O3/c1-2-3-4-5-6-7-8-9-10-11-12-13-14-15-18(21)16-19(22)17-20/h2-4,18-22H,1,5-17H2/t18-,19-/m1/s1. The van der Waals surface area contributed by atoms with E-state index in [2.05, 4.69) is 12.7 Å². The Labute approximate surface area is 136 Å². The molecule has 0 aromatic rings. The molecule has 0 aliphatic carbocycles. The van der Waals surface area contributed by atoms with E-state index < -0.39 is 12.2 Å². The first-order valence-electron chi connectivity index (χ1n) is 8.95. The van der Waals surface area contributed by atoms with Crippen molar-refractivity contribution in [1.82, 2.24) is 0 Å². The molecule has 0 aliphatic rings. The van der Waals surface area contributed by atoms with Crippen LogP contribution in [-0.2, 0) is 0 Å². The van der Waals surface area contributed by atoms with Crippen molar-refractivity contribution >= 4 is 0 Å². The largest absolute Gasteiger partial charge is 0.394 e. The van der Waals surface area contributed by atoms with Crippen LogP contribution in [-0.4, -0.2) is 34.1 Å². The second-order valence-corrected chi connectivity index (χ2v) is 6.15. The molecule has 0 fully saturated rings. The van der Waals surface area contributed by atoms with Gasteiger partial charge in [-0.15, -0.1) is 0 Å². The Morgan fingerprint density at radius 1 is 0.773 bits per heavy atom. The lowest BCUT2D eigenvalue weighted by Gasteiger charge is -2.13. The molecule has 0 aromatic heterocycles. The van der Waals surface area contributed by atoms with Gasteiger partial charge in [-0.3, -0.25) is 0 Å². The molecule has 0 unspecified atom stereocenters. The highest BCUT2D eigenvalue weighted by Gasteiger charge is 2.10. The molecule has 0 radical (unpaired) electrons. The summed E-state index contributed by atoms with van der Waals surface area (Å²) in [4.78, 5) is 0. The summed E-state index contributed by atoms with van der Waals surface area (Å²) < 4.78 is 0. The second-order valence-electron chi connectivity index (χ2n) is 6.15. The number of aliphatic hydroxyl groups is 3. The van der Waals surface area contributed by atoms with Gasteiger partial charge >= 0.3 is 0 Å². The summed E-state index contributed by atoms with van der Waals surface area (Å²) in [6, 6.07) is 0. The van der Waals surface area contributed by atoms with Gasteiger partial charge in [-0.05, 0) is 19.3 Å². The van der Waals surface area contributed by atoms with Gasteiger partial charge in [0.2, 0.25) is 0 Å². The van der Waals surface area contributed by atoms with Crippen molar-refractivity contribution in [2.45, 2.75) is 89.3 Å². The van der Waals surface area contributed by atoms with E-state index in [1.54, 1.807) is 0 Å². The predicted octanol–water partition coefficient (Wildman–Crippen LogP) is 4.12. The normalized spacial score (nSPS) is 14.3. The number of hydrogen-bond donors (Lipinski definition) is 3. The molecular formula is C19H36O3. The van der Waals surface area contributed by atoms with Crippen LogP contribution in [0.4, 0.5) is 0 Å². The molecule has 0 saturated carbocycles. The van der Waals surface area contributed by atoms with Crippen LogP contribution in [0.1, 0.15) is 77.0 Å². The van der Waals surface area contributed by atoms with E-state index in [4.69, 9.17) is 5.11 Å². The van der Waals surface area contributed by atoms with Gasteiger partial charge in [0.1, 0.15) is 0 Å². The van der Waals surface area contributed by atoms with Crippen molar-refractivity contribution in [2.24, 2.45) is 0 Å². The summed E-state index contributed by atoms with van der Waals surface area (Å²) in [5.74, 6) is 0. The number of aliphatic hydroxyl groups excluding tert-OH is 3. The van der Waals surface area contributed by atoms with E-state index in [1.165, 1.54) is 51.4 Å². The summed E-state index contributed by atoms with van der Waals surface area (Å²) in [7, 11) is 0. The number of hydrogen-bond acceptors (Lipinski definition) is 3. The highest BCUT2D eigenvalue weighted by molar-refractivity contribution is 4.96. The Balaban J connectivity index is 3.17. The molecule has 22 heavy (non-hydrogen) atoms. The fraction of sp³-hybridized carbons (Fsp3) is 0.789. The Hall–Kier alpha value is -0.640. The predicted molar refractivity (Wildman–Crippen MR) is 93.8 cm³/mol. The molecule has 3 N–H and O–H groups in total. The topological polar surface area (TPSA) is 60.7 Å². The maximum absolute atomic E-state index is 9.65. The maximum atomic E-state index is 9.65. The maximum Gasteiger partial charge on any atom is 0.0795 e. The van der Waals surface area contributed by atoms with Gasteiger partial charge in [0, 0.05) is 6.42 Å². The van der Waals surface area contributed by atoms with E-state index in [9.17, 15) is 10.2 Å². The monoisotopic (exact) mass is 312 g/mol. The molecule has 0 amide bonds. The number of allylic oxidation sites excluding steroid dienone is 3. The van der Waals surface area contributed by atoms with Crippen molar-refractivity contribution in [2.75, 3.05) is 6.61 Å². The van der Waals surface area contributed by atoms with Gasteiger partial charge in [-0.25, -0.2) is 0 Å². The minimum absolute atomic E-state index is 0.262. The van der Waals surface area contributed by atoms with E-state index in [-0.39, 0.29) is 6.61 Å². The fourth-order valence-electron chi connectivity index (χ4n) is 2.58. The van der Waals surface area contributed by atoms with Crippen molar-refractivity contribution in [3.8, 4) is 0 Å². The van der Waals surface area contributed by atoms with Crippen molar-refractivity contribution in [3.63, 3.8) is 0 Å². The number of unbranched alkanes of at least 4 members (excludes halogenated alkanes) is 9. The molecule has 0 spiro atoms.